The van der Waals surface area contributed by atoms with Crippen LogP contribution in [-0.2, 0) is 4.74 Å². The highest BCUT2D eigenvalue weighted by Gasteiger charge is 2.48. The number of methoxy groups -OCH3 is 1. The van der Waals surface area contributed by atoms with E-state index in [1.807, 2.05) is 18.2 Å². The Hall–Kier alpha value is -3.26. The molecule has 30 heavy (non-hydrogen) atoms. The first-order chi connectivity index (χ1) is 14.5. The number of nitrogens with two attached hydrogens (primary N) is 1. The normalized spacial score (nSPS) is 17.3. The van der Waals surface area contributed by atoms with E-state index in [2.05, 4.69) is 9.88 Å². The summed E-state index contributed by atoms with van der Waals surface area (Å²) >= 11 is 0. The molecule has 3 heterocycles. The van der Waals surface area contributed by atoms with E-state index in [4.69, 9.17) is 25.2 Å². The third kappa shape index (κ3) is 3.23. The SMILES string of the molecule is COc1ccc(-c2ccc3c(N)nc(N4CCOC5(CC5)C4)nc3n2)cc1C(C)=O. The van der Waals surface area contributed by atoms with Gasteiger partial charge in [0.25, 0.3) is 0 Å². The molecule has 2 aromatic heterocycles. The first-order valence-corrected chi connectivity index (χ1v) is 10.0. The summed E-state index contributed by atoms with van der Waals surface area (Å²) in [6.45, 7) is 3.68. The van der Waals surface area contributed by atoms with Crippen LogP contribution in [0.2, 0.25) is 0 Å². The number of fused-ring (bicyclic) bond motifs is 1. The Morgan fingerprint density at radius 2 is 2.03 bits per heavy atom. The van der Waals surface area contributed by atoms with Crippen LogP contribution in [0.5, 0.6) is 5.75 Å². The number of ketones is 1. The minimum atomic E-state index is -0.0651. The number of hydrogen-bond donors (Lipinski definition) is 1. The number of nitrogens with zero attached hydrogens (tertiary/aromatic N) is 4. The fourth-order valence-electron chi connectivity index (χ4n) is 3.92. The van der Waals surface area contributed by atoms with Gasteiger partial charge in [0.15, 0.2) is 11.4 Å². The molecule has 0 bridgehead atoms. The molecule has 2 aliphatic rings. The van der Waals surface area contributed by atoms with E-state index < -0.39 is 0 Å². The molecule has 154 valence electrons. The van der Waals surface area contributed by atoms with Crippen LogP contribution >= 0.6 is 0 Å². The zero-order valence-electron chi connectivity index (χ0n) is 17.0. The van der Waals surface area contributed by atoms with E-state index in [0.717, 1.165) is 31.5 Å². The summed E-state index contributed by atoms with van der Waals surface area (Å²) in [5.41, 5.74) is 8.76. The van der Waals surface area contributed by atoms with Gasteiger partial charge in [0, 0.05) is 18.7 Å². The lowest BCUT2D eigenvalue weighted by Crippen LogP contribution is -2.44. The monoisotopic (exact) mass is 405 g/mol. The molecule has 1 spiro atoms. The summed E-state index contributed by atoms with van der Waals surface area (Å²) < 4.78 is 11.2. The number of anilines is 2. The van der Waals surface area contributed by atoms with Crippen LogP contribution in [0, 0.1) is 0 Å². The number of pyridine rings is 1. The number of aromatic nitrogens is 3. The van der Waals surface area contributed by atoms with Gasteiger partial charge in [-0.25, -0.2) is 4.98 Å². The molecule has 1 aliphatic heterocycles. The lowest BCUT2D eigenvalue weighted by Gasteiger charge is -2.33. The maximum Gasteiger partial charge on any atom is 0.229 e. The Bertz CT molecular complexity index is 1160. The average molecular weight is 405 g/mol. The number of Topliss-reactive ketones (excluding diaryl/α,β-unsaturated/α-hetero) is 1. The van der Waals surface area contributed by atoms with E-state index in [1.165, 1.54) is 6.92 Å². The number of morpholine rings is 1. The number of hydrogen-bond acceptors (Lipinski definition) is 8. The van der Waals surface area contributed by atoms with Gasteiger partial charge in [-0.15, -0.1) is 0 Å². The van der Waals surface area contributed by atoms with Crippen LogP contribution in [0.3, 0.4) is 0 Å². The quantitative estimate of drug-likeness (QED) is 0.661. The van der Waals surface area contributed by atoms with Gasteiger partial charge in [0.2, 0.25) is 5.95 Å². The van der Waals surface area contributed by atoms with Crippen LogP contribution in [-0.4, -0.2) is 53.1 Å². The van der Waals surface area contributed by atoms with Crippen molar-refractivity contribution in [1.82, 2.24) is 15.0 Å². The maximum atomic E-state index is 12.0. The first-order valence-electron chi connectivity index (χ1n) is 10.0. The van der Waals surface area contributed by atoms with Crippen molar-refractivity contribution in [3.63, 3.8) is 0 Å². The van der Waals surface area contributed by atoms with Crippen molar-refractivity contribution in [2.75, 3.05) is 37.4 Å². The Labute approximate surface area is 174 Å². The number of carbonyl (C=O) groups excluding carboxylic acids is 1. The largest absolute Gasteiger partial charge is 0.496 e. The molecule has 1 aromatic carbocycles. The molecular weight excluding hydrogens is 382 g/mol. The zero-order valence-corrected chi connectivity index (χ0v) is 17.0. The van der Waals surface area contributed by atoms with E-state index in [1.54, 1.807) is 19.2 Å². The van der Waals surface area contributed by atoms with E-state index >= 15 is 0 Å². The topological polar surface area (TPSA) is 103 Å². The number of rotatable bonds is 4. The lowest BCUT2D eigenvalue weighted by molar-refractivity contribution is 0.0201. The average Bonchev–Trinajstić information content (AvgIpc) is 3.50. The molecule has 1 aliphatic carbocycles. The molecule has 0 amide bonds. The van der Waals surface area contributed by atoms with E-state index in [-0.39, 0.29) is 11.4 Å². The Kier molecular flexibility index (Phi) is 4.32. The van der Waals surface area contributed by atoms with Crippen LogP contribution in [0.25, 0.3) is 22.3 Å². The van der Waals surface area contributed by atoms with Crippen molar-refractivity contribution in [3.8, 4) is 17.0 Å². The van der Waals surface area contributed by atoms with Gasteiger partial charge in [-0.3, -0.25) is 4.79 Å². The second-order valence-corrected chi connectivity index (χ2v) is 7.90. The molecule has 1 saturated carbocycles. The third-order valence-electron chi connectivity index (χ3n) is 5.79. The lowest BCUT2D eigenvalue weighted by atomic mass is 10.0. The molecule has 0 radical (unpaired) electrons. The third-order valence-corrected chi connectivity index (χ3v) is 5.79. The smallest absolute Gasteiger partial charge is 0.229 e. The molecule has 0 atom stereocenters. The first kappa shape index (κ1) is 18.7. The summed E-state index contributed by atoms with van der Waals surface area (Å²) in [5.74, 6) is 1.47. The summed E-state index contributed by atoms with van der Waals surface area (Å²) in [5, 5.41) is 0.706. The highest BCUT2D eigenvalue weighted by atomic mass is 16.5. The molecule has 1 saturated heterocycles. The minimum absolute atomic E-state index is 0.0349. The van der Waals surface area contributed by atoms with Crippen molar-refractivity contribution in [2.24, 2.45) is 0 Å². The summed E-state index contributed by atoms with van der Waals surface area (Å²) in [4.78, 5) is 28.1. The molecule has 0 unspecified atom stereocenters. The highest BCUT2D eigenvalue weighted by molar-refractivity contribution is 5.98. The minimum Gasteiger partial charge on any atom is -0.496 e. The summed E-state index contributed by atoms with van der Waals surface area (Å²) in [6, 6.07) is 9.18. The van der Waals surface area contributed by atoms with Gasteiger partial charge in [-0.2, -0.15) is 9.97 Å². The van der Waals surface area contributed by atoms with Gasteiger partial charge in [-0.05, 0) is 50.1 Å². The van der Waals surface area contributed by atoms with Crippen molar-refractivity contribution < 1.29 is 14.3 Å². The van der Waals surface area contributed by atoms with Gasteiger partial charge in [-0.1, -0.05) is 0 Å². The molecular formula is C22H23N5O3. The predicted molar refractivity (Wildman–Crippen MR) is 114 cm³/mol. The fourth-order valence-corrected chi connectivity index (χ4v) is 3.92. The predicted octanol–water partition coefficient (Wildman–Crippen LogP) is 2.85. The second kappa shape index (κ2) is 6.91. The molecule has 8 heteroatoms. The van der Waals surface area contributed by atoms with Crippen LogP contribution < -0.4 is 15.4 Å². The van der Waals surface area contributed by atoms with Gasteiger partial charge >= 0.3 is 0 Å². The van der Waals surface area contributed by atoms with Gasteiger partial charge in [0.05, 0.1) is 36.0 Å². The van der Waals surface area contributed by atoms with Crippen molar-refractivity contribution in [2.45, 2.75) is 25.4 Å². The molecule has 3 aromatic rings. The van der Waals surface area contributed by atoms with Crippen molar-refractivity contribution in [3.05, 3.63) is 35.9 Å². The van der Waals surface area contributed by atoms with Crippen molar-refractivity contribution >= 4 is 28.6 Å². The zero-order chi connectivity index (χ0) is 20.9. The summed E-state index contributed by atoms with van der Waals surface area (Å²) in [7, 11) is 1.55. The number of carbonyl (C=O) groups is 1. The fraction of sp³-hybridized carbons (Fsp3) is 0.364. The van der Waals surface area contributed by atoms with E-state index in [9.17, 15) is 4.79 Å². The number of benzene rings is 1. The summed E-state index contributed by atoms with van der Waals surface area (Å²) in [6.07, 6.45) is 2.15. The van der Waals surface area contributed by atoms with Gasteiger partial charge in [0.1, 0.15) is 11.6 Å². The molecule has 5 rings (SSSR count). The highest BCUT2D eigenvalue weighted by Crippen LogP contribution is 2.42. The Morgan fingerprint density at radius 3 is 2.77 bits per heavy atom. The molecule has 2 N–H and O–H groups in total. The Morgan fingerprint density at radius 1 is 1.20 bits per heavy atom. The van der Waals surface area contributed by atoms with E-state index in [0.29, 0.717) is 46.4 Å². The van der Waals surface area contributed by atoms with Crippen LogP contribution in [0.15, 0.2) is 30.3 Å². The Balaban J connectivity index is 1.55. The van der Waals surface area contributed by atoms with Crippen LogP contribution in [0.4, 0.5) is 11.8 Å². The van der Waals surface area contributed by atoms with Crippen LogP contribution in [0.1, 0.15) is 30.1 Å². The maximum absolute atomic E-state index is 12.0. The number of nitrogen functional groups attached to an aromatic ring is 1. The van der Waals surface area contributed by atoms with Crippen molar-refractivity contribution in [1.29, 1.82) is 0 Å². The number of ether oxygens (including phenoxy) is 2. The molecule has 8 nitrogen and oxygen atoms in total. The molecule has 2 fully saturated rings. The van der Waals surface area contributed by atoms with Gasteiger partial charge < -0.3 is 20.1 Å². The second-order valence-electron chi connectivity index (χ2n) is 7.90. The standard InChI is InChI=1S/C22H23N5O3/c1-13(28)16-11-14(3-6-18(16)29-2)17-5-4-15-19(23)25-21(26-20(15)24-17)27-9-10-30-22(12-27)7-8-22/h3-6,11H,7-10,12H2,1-2H3,(H2,23,24,25,26).